The van der Waals surface area contributed by atoms with E-state index in [0.717, 1.165) is 34.9 Å². The monoisotopic (exact) mass is 395 g/mol. The number of hydrogen-bond donors (Lipinski definition) is 1. The lowest BCUT2D eigenvalue weighted by Gasteiger charge is -2.15. The van der Waals surface area contributed by atoms with Crippen LogP contribution in [0.15, 0.2) is 60.7 Å². The van der Waals surface area contributed by atoms with Crippen LogP contribution in [0.4, 0.5) is 5.69 Å². The number of ether oxygens (including phenoxy) is 2. The number of aryl methyl sites for hydroxylation is 1. The van der Waals surface area contributed by atoms with Gasteiger partial charge >= 0.3 is 0 Å². The summed E-state index contributed by atoms with van der Waals surface area (Å²) in [6.45, 7) is 7.93. The van der Waals surface area contributed by atoms with Gasteiger partial charge in [0.15, 0.2) is 11.5 Å². The maximum absolute atomic E-state index is 6.22. The predicted molar refractivity (Wildman–Crippen MR) is 117 cm³/mol. The average Bonchev–Trinajstić information content (AvgIpc) is 2.70. The minimum absolute atomic E-state index is 0.403. The van der Waals surface area contributed by atoms with Crippen molar-refractivity contribution in [2.24, 2.45) is 0 Å². The van der Waals surface area contributed by atoms with Gasteiger partial charge in [-0.15, -0.1) is 0 Å². The highest BCUT2D eigenvalue weighted by Crippen LogP contribution is 2.30. The lowest BCUT2D eigenvalue weighted by Crippen LogP contribution is -2.04. The molecule has 0 amide bonds. The molecule has 0 saturated carbocycles. The highest BCUT2D eigenvalue weighted by molar-refractivity contribution is 6.31. The molecule has 0 spiro atoms. The molecule has 4 heteroatoms. The van der Waals surface area contributed by atoms with E-state index in [1.807, 2.05) is 43.3 Å². The van der Waals surface area contributed by atoms with Crippen molar-refractivity contribution >= 4 is 17.3 Å². The molecule has 0 heterocycles. The number of halogens is 1. The maximum atomic E-state index is 6.22. The molecule has 3 aromatic carbocycles. The van der Waals surface area contributed by atoms with Crippen molar-refractivity contribution in [3.8, 4) is 11.5 Å². The van der Waals surface area contributed by atoms with Gasteiger partial charge in [0.2, 0.25) is 0 Å². The SMILES string of the molecule is CCOc1cc(CNc2cccc(C)c2C)ccc1OCc1ccccc1Cl. The van der Waals surface area contributed by atoms with Crippen molar-refractivity contribution in [2.75, 3.05) is 11.9 Å². The van der Waals surface area contributed by atoms with Crippen molar-refractivity contribution in [3.05, 3.63) is 87.9 Å². The topological polar surface area (TPSA) is 30.5 Å². The number of anilines is 1. The minimum atomic E-state index is 0.403. The first-order chi connectivity index (χ1) is 13.6. The molecule has 0 fully saturated rings. The summed E-state index contributed by atoms with van der Waals surface area (Å²) >= 11 is 6.22. The van der Waals surface area contributed by atoms with Gasteiger partial charge in [0.05, 0.1) is 6.61 Å². The molecule has 28 heavy (non-hydrogen) atoms. The standard InChI is InChI=1S/C24H26ClNO2/c1-4-27-24-14-19(15-26-22-11-7-8-17(2)18(22)3)12-13-23(24)28-16-20-9-5-6-10-21(20)25/h5-14,26H,4,15-16H2,1-3H3. The molecule has 0 atom stereocenters. The first-order valence-corrected chi connectivity index (χ1v) is 9.88. The van der Waals surface area contributed by atoms with Crippen LogP contribution in [0.3, 0.4) is 0 Å². The Bertz CT molecular complexity index is 940. The summed E-state index contributed by atoms with van der Waals surface area (Å²) in [6, 6.07) is 20.0. The van der Waals surface area contributed by atoms with E-state index in [1.165, 1.54) is 11.1 Å². The zero-order valence-electron chi connectivity index (χ0n) is 16.6. The van der Waals surface area contributed by atoms with Gasteiger partial charge in [-0.25, -0.2) is 0 Å². The molecule has 0 saturated heterocycles. The van der Waals surface area contributed by atoms with E-state index in [1.54, 1.807) is 0 Å². The van der Waals surface area contributed by atoms with Crippen LogP contribution in [0.25, 0.3) is 0 Å². The molecule has 0 unspecified atom stereocenters. The lowest BCUT2D eigenvalue weighted by molar-refractivity contribution is 0.269. The van der Waals surface area contributed by atoms with E-state index in [2.05, 4.69) is 43.4 Å². The molecule has 146 valence electrons. The number of rotatable bonds is 8. The molecule has 1 N–H and O–H groups in total. The van der Waals surface area contributed by atoms with Crippen molar-refractivity contribution in [3.63, 3.8) is 0 Å². The second-order valence-corrected chi connectivity index (χ2v) is 7.10. The third-order valence-electron chi connectivity index (χ3n) is 4.74. The number of benzene rings is 3. The summed E-state index contributed by atoms with van der Waals surface area (Å²) < 4.78 is 11.8. The Balaban J connectivity index is 1.71. The van der Waals surface area contributed by atoms with Gasteiger partial charge in [-0.05, 0) is 61.7 Å². The van der Waals surface area contributed by atoms with E-state index < -0.39 is 0 Å². The van der Waals surface area contributed by atoms with Crippen LogP contribution in [-0.4, -0.2) is 6.61 Å². The summed E-state index contributed by atoms with van der Waals surface area (Å²) in [4.78, 5) is 0. The maximum Gasteiger partial charge on any atom is 0.161 e. The third-order valence-corrected chi connectivity index (χ3v) is 5.11. The fourth-order valence-electron chi connectivity index (χ4n) is 2.96. The van der Waals surface area contributed by atoms with Crippen molar-refractivity contribution in [2.45, 2.75) is 33.9 Å². The highest BCUT2D eigenvalue weighted by atomic mass is 35.5. The van der Waals surface area contributed by atoms with Crippen molar-refractivity contribution in [1.82, 2.24) is 0 Å². The van der Waals surface area contributed by atoms with Crippen molar-refractivity contribution in [1.29, 1.82) is 0 Å². The van der Waals surface area contributed by atoms with Gasteiger partial charge in [0, 0.05) is 22.8 Å². The van der Waals surface area contributed by atoms with E-state index in [4.69, 9.17) is 21.1 Å². The van der Waals surface area contributed by atoms with Gasteiger partial charge in [-0.3, -0.25) is 0 Å². The Morgan fingerprint density at radius 1 is 0.893 bits per heavy atom. The minimum Gasteiger partial charge on any atom is -0.490 e. The average molecular weight is 396 g/mol. The van der Waals surface area contributed by atoms with Crippen molar-refractivity contribution < 1.29 is 9.47 Å². The Morgan fingerprint density at radius 3 is 2.50 bits per heavy atom. The third kappa shape index (κ3) is 4.99. The predicted octanol–water partition coefficient (Wildman–Crippen LogP) is 6.55. The molecule has 0 aliphatic carbocycles. The summed E-state index contributed by atoms with van der Waals surface area (Å²) in [6.07, 6.45) is 0. The summed E-state index contributed by atoms with van der Waals surface area (Å²) in [7, 11) is 0. The van der Waals surface area contributed by atoms with Crippen LogP contribution < -0.4 is 14.8 Å². The Labute approximate surface area is 172 Å². The summed E-state index contributed by atoms with van der Waals surface area (Å²) in [5.41, 5.74) is 5.79. The van der Waals surface area contributed by atoms with Gasteiger partial charge in [-0.2, -0.15) is 0 Å². The van der Waals surface area contributed by atoms with Crippen LogP contribution >= 0.6 is 11.6 Å². The van der Waals surface area contributed by atoms with Gasteiger partial charge in [0.1, 0.15) is 6.61 Å². The fourth-order valence-corrected chi connectivity index (χ4v) is 3.15. The van der Waals surface area contributed by atoms with E-state index in [0.29, 0.717) is 18.2 Å². The zero-order valence-corrected chi connectivity index (χ0v) is 17.3. The Hall–Kier alpha value is -2.65. The molecule has 3 nitrogen and oxygen atoms in total. The first kappa shape index (κ1) is 20.1. The molecule has 0 radical (unpaired) electrons. The lowest BCUT2D eigenvalue weighted by atomic mass is 10.1. The van der Waals surface area contributed by atoms with Gasteiger partial charge in [-0.1, -0.05) is 48.0 Å². The molecular formula is C24H26ClNO2. The van der Waals surface area contributed by atoms with Crippen LogP contribution in [-0.2, 0) is 13.2 Å². The van der Waals surface area contributed by atoms with Crippen LogP contribution in [0, 0.1) is 13.8 Å². The van der Waals surface area contributed by atoms with E-state index in [9.17, 15) is 0 Å². The molecular weight excluding hydrogens is 370 g/mol. The number of hydrogen-bond acceptors (Lipinski definition) is 3. The van der Waals surface area contributed by atoms with Crippen LogP contribution in [0.2, 0.25) is 5.02 Å². The quantitative estimate of drug-likeness (QED) is 0.469. The molecule has 0 aliphatic heterocycles. The normalized spacial score (nSPS) is 10.6. The summed E-state index contributed by atoms with van der Waals surface area (Å²) in [5.74, 6) is 1.46. The Morgan fingerprint density at radius 2 is 1.71 bits per heavy atom. The van der Waals surface area contributed by atoms with Gasteiger partial charge < -0.3 is 14.8 Å². The van der Waals surface area contributed by atoms with E-state index >= 15 is 0 Å². The Kier molecular flexibility index (Phi) is 6.83. The largest absolute Gasteiger partial charge is 0.490 e. The first-order valence-electron chi connectivity index (χ1n) is 9.50. The number of nitrogens with one attached hydrogen (secondary N) is 1. The molecule has 3 aromatic rings. The molecule has 0 aliphatic rings. The molecule has 3 rings (SSSR count). The zero-order chi connectivity index (χ0) is 19.9. The van der Waals surface area contributed by atoms with Crippen LogP contribution in [0.5, 0.6) is 11.5 Å². The van der Waals surface area contributed by atoms with Crippen LogP contribution in [0.1, 0.15) is 29.2 Å². The second kappa shape index (κ2) is 9.52. The smallest absolute Gasteiger partial charge is 0.161 e. The molecule has 0 bridgehead atoms. The van der Waals surface area contributed by atoms with Gasteiger partial charge in [0.25, 0.3) is 0 Å². The second-order valence-electron chi connectivity index (χ2n) is 6.70. The van der Waals surface area contributed by atoms with E-state index in [-0.39, 0.29) is 0 Å². The summed E-state index contributed by atoms with van der Waals surface area (Å²) in [5, 5.41) is 4.21. The fraction of sp³-hybridized carbons (Fsp3) is 0.250. The molecule has 0 aromatic heterocycles. The highest BCUT2D eigenvalue weighted by Gasteiger charge is 2.09.